The molecule has 0 amide bonds. The predicted molar refractivity (Wildman–Crippen MR) is 73.5 cm³/mol. The summed E-state index contributed by atoms with van der Waals surface area (Å²) in [6, 6.07) is 6.24. The average Bonchev–Trinajstić information content (AvgIpc) is 2.83. The molecular formula is C14H14N2OS. The second-order valence-electron chi connectivity index (χ2n) is 4.57. The molecule has 4 heteroatoms. The van der Waals surface area contributed by atoms with Crippen LogP contribution in [0.2, 0.25) is 0 Å². The number of hydrogen-bond donors (Lipinski definition) is 1. The van der Waals surface area contributed by atoms with Crippen LogP contribution in [0.25, 0.3) is 11.3 Å². The van der Waals surface area contributed by atoms with E-state index in [1.165, 1.54) is 5.56 Å². The van der Waals surface area contributed by atoms with Crippen molar-refractivity contribution in [2.75, 3.05) is 6.61 Å². The molecule has 0 spiro atoms. The second kappa shape index (κ2) is 4.21. The summed E-state index contributed by atoms with van der Waals surface area (Å²) in [5, 5.41) is 7.27. The van der Waals surface area contributed by atoms with Gasteiger partial charge in [-0.15, -0.1) is 0 Å². The van der Waals surface area contributed by atoms with Gasteiger partial charge in [-0.2, -0.15) is 5.10 Å². The third-order valence-electron chi connectivity index (χ3n) is 3.49. The van der Waals surface area contributed by atoms with Crippen LogP contribution in [0.3, 0.4) is 0 Å². The van der Waals surface area contributed by atoms with E-state index >= 15 is 0 Å². The molecule has 0 unspecified atom stereocenters. The average molecular weight is 258 g/mol. The molecule has 3 rings (SSSR count). The molecule has 0 radical (unpaired) electrons. The maximum absolute atomic E-state index is 5.52. The first-order valence-electron chi connectivity index (χ1n) is 5.99. The quantitative estimate of drug-likeness (QED) is 0.797. The minimum atomic E-state index is 0.709. The SMILES string of the molecule is Cc1c(-c2ccc3c(c2)CCO3)n[nH]c(=S)c1C. The zero-order valence-corrected chi connectivity index (χ0v) is 11.2. The number of hydrogen-bond acceptors (Lipinski definition) is 3. The van der Waals surface area contributed by atoms with Gasteiger partial charge in [0.1, 0.15) is 10.4 Å². The van der Waals surface area contributed by atoms with E-state index in [1.54, 1.807) is 0 Å². The number of aromatic amines is 1. The second-order valence-corrected chi connectivity index (χ2v) is 4.98. The van der Waals surface area contributed by atoms with Gasteiger partial charge in [0.05, 0.1) is 12.3 Å². The first-order chi connectivity index (χ1) is 8.66. The van der Waals surface area contributed by atoms with Crippen LogP contribution >= 0.6 is 12.2 Å². The Morgan fingerprint density at radius 1 is 1.28 bits per heavy atom. The molecule has 1 aromatic carbocycles. The van der Waals surface area contributed by atoms with Crippen LogP contribution in [0.1, 0.15) is 16.7 Å². The van der Waals surface area contributed by atoms with Gasteiger partial charge < -0.3 is 4.74 Å². The van der Waals surface area contributed by atoms with Crippen molar-refractivity contribution in [3.8, 4) is 17.0 Å². The van der Waals surface area contributed by atoms with E-state index in [0.717, 1.165) is 41.2 Å². The van der Waals surface area contributed by atoms with Crippen molar-refractivity contribution < 1.29 is 4.74 Å². The lowest BCUT2D eigenvalue weighted by atomic mass is 10.0. The van der Waals surface area contributed by atoms with Crippen LogP contribution in [-0.4, -0.2) is 16.8 Å². The lowest BCUT2D eigenvalue weighted by Gasteiger charge is -2.08. The highest BCUT2D eigenvalue weighted by atomic mass is 32.1. The molecule has 0 atom stereocenters. The number of ether oxygens (including phenoxy) is 1. The lowest BCUT2D eigenvalue weighted by molar-refractivity contribution is 0.357. The minimum absolute atomic E-state index is 0.709. The summed E-state index contributed by atoms with van der Waals surface area (Å²) in [5.41, 5.74) is 5.57. The number of H-pyrrole nitrogens is 1. The zero-order valence-electron chi connectivity index (χ0n) is 10.4. The molecule has 0 saturated heterocycles. The van der Waals surface area contributed by atoms with E-state index in [4.69, 9.17) is 17.0 Å². The molecule has 1 aliphatic rings. The Labute approximate surface area is 111 Å². The lowest BCUT2D eigenvalue weighted by Crippen LogP contribution is -1.96. The van der Waals surface area contributed by atoms with Crippen molar-refractivity contribution in [2.45, 2.75) is 20.3 Å². The monoisotopic (exact) mass is 258 g/mol. The maximum atomic E-state index is 5.52. The number of fused-ring (bicyclic) bond motifs is 1. The van der Waals surface area contributed by atoms with Gasteiger partial charge in [0.15, 0.2) is 0 Å². The fraction of sp³-hybridized carbons (Fsp3) is 0.286. The summed E-state index contributed by atoms with van der Waals surface area (Å²) in [5.74, 6) is 0.997. The molecule has 1 N–H and O–H groups in total. The number of aromatic nitrogens is 2. The predicted octanol–water partition coefficient (Wildman–Crippen LogP) is 3.36. The van der Waals surface area contributed by atoms with Gasteiger partial charge in [-0.05, 0) is 48.7 Å². The summed E-state index contributed by atoms with van der Waals surface area (Å²) in [6.45, 7) is 4.86. The molecule has 0 fully saturated rings. The van der Waals surface area contributed by atoms with Crippen molar-refractivity contribution in [1.29, 1.82) is 0 Å². The molecule has 1 aromatic heterocycles. The van der Waals surface area contributed by atoms with E-state index in [0.29, 0.717) is 4.64 Å². The van der Waals surface area contributed by atoms with Crippen LogP contribution in [0.15, 0.2) is 18.2 Å². The van der Waals surface area contributed by atoms with Crippen molar-refractivity contribution in [3.63, 3.8) is 0 Å². The summed E-state index contributed by atoms with van der Waals surface area (Å²) >= 11 is 5.19. The summed E-state index contributed by atoms with van der Waals surface area (Å²) in [6.07, 6.45) is 0.976. The molecule has 3 nitrogen and oxygen atoms in total. The number of nitrogens with zero attached hydrogens (tertiary/aromatic N) is 1. The highest BCUT2D eigenvalue weighted by molar-refractivity contribution is 7.71. The Balaban J connectivity index is 2.16. The number of nitrogens with one attached hydrogen (secondary N) is 1. The summed E-state index contributed by atoms with van der Waals surface area (Å²) in [4.78, 5) is 0. The normalized spacial score (nSPS) is 13.2. The molecule has 18 heavy (non-hydrogen) atoms. The maximum Gasteiger partial charge on any atom is 0.122 e. The Morgan fingerprint density at radius 3 is 2.94 bits per heavy atom. The first-order valence-corrected chi connectivity index (χ1v) is 6.39. The van der Waals surface area contributed by atoms with Crippen molar-refractivity contribution in [3.05, 3.63) is 39.5 Å². The number of benzene rings is 1. The first kappa shape index (κ1) is 11.4. The van der Waals surface area contributed by atoms with Crippen LogP contribution in [0.5, 0.6) is 5.75 Å². The van der Waals surface area contributed by atoms with E-state index in [2.05, 4.69) is 29.3 Å². The van der Waals surface area contributed by atoms with Gasteiger partial charge in [0.25, 0.3) is 0 Å². The van der Waals surface area contributed by atoms with Gasteiger partial charge in [0.2, 0.25) is 0 Å². The smallest absolute Gasteiger partial charge is 0.122 e. The van der Waals surface area contributed by atoms with E-state index < -0.39 is 0 Å². The molecule has 2 aromatic rings. The fourth-order valence-electron chi connectivity index (χ4n) is 2.24. The van der Waals surface area contributed by atoms with E-state index in [1.807, 2.05) is 13.0 Å². The highest BCUT2D eigenvalue weighted by Gasteiger charge is 2.14. The third kappa shape index (κ3) is 1.73. The molecular weight excluding hydrogens is 244 g/mol. The Kier molecular flexibility index (Phi) is 2.67. The highest BCUT2D eigenvalue weighted by Crippen LogP contribution is 2.31. The molecule has 0 aliphatic carbocycles. The third-order valence-corrected chi connectivity index (χ3v) is 3.89. The Morgan fingerprint density at radius 2 is 2.11 bits per heavy atom. The number of rotatable bonds is 1. The largest absolute Gasteiger partial charge is 0.493 e. The molecule has 0 bridgehead atoms. The Hall–Kier alpha value is -1.68. The van der Waals surface area contributed by atoms with Crippen molar-refractivity contribution in [1.82, 2.24) is 10.2 Å². The zero-order chi connectivity index (χ0) is 12.7. The molecule has 92 valence electrons. The van der Waals surface area contributed by atoms with Crippen molar-refractivity contribution in [2.24, 2.45) is 0 Å². The molecule has 0 saturated carbocycles. The van der Waals surface area contributed by atoms with Crippen LogP contribution in [0, 0.1) is 18.5 Å². The van der Waals surface area contributed by atoms with Gasteiger partial charge in [-0.25, -0.2) is 0 Å². The molecule has 1 aliphatic heterocycles. The van der Waals surface area contributed by atoms with Crippen molar-refractivity contribution >= 4 is 12.2 Å². The fourth-order valence-corrected chi connectivity index (χ4v) is 2.44. The van der Waals surface area contributed by atoms with Gasteiger partial charge in [-0.3, -0.25) is 5.10 Å². The van der Waals surface area contributed by atoms with Crippen LogP contribution in [0.4, 0.5) is 0 Å². The topological polar surface area (TPSA) is 37.9 Å². The van der Waals surface area contributed by atoms with E-state index in [-0.39, 0.29) is 0 Å². The standard InChI is InChI=1S/C14H14N2OS/c1-8-9(2)14(18)16-15-13(8)11-3-4-12-10(7-11)5-6-17-12/h3-4,7H,5-6H2,1-2H3,(H,16,18). The minimum Gasteiger partial charge on any atom is -0.493 e. The van der Waals surface area contributed by atoms with Gasteiger partial charge in [0, 0.05) is 12.0 Å². The van der Waals surface area contributed by atoms with Crippen LogP contribution < -0.4 is 4.74 Å². The summed E-state index contributed by atoms with van der Waals surface area (Å²) in [7, 11) is 0. The Bertz CT molecular complexity index is 676. The van der Waals surface area contributed by atoms with Gasteiger partial charge >= 0.3 is 0 Å². The van der Waals surface area contributed by atoms with E-state index in [9.17, 15) is 0 Å². The molecule has 2 heterocycles. The van der Waals surface area contributed by atoms with Crippen LogP contribution in [-0.2, 0) is 6.42 Å². The summed E-state index contributed by atoms with van der Waals surface area (Å²) < 4.78 is 6.23. The van der Waals surface area contributed by atoms with Gasteiger partial charge in [-0.1, -0.05) is 12.2 Å².